The zero-order valence-corrected chi connectivity index (χ0v) is 11.3. The molecule has 0 saturated carbocycles. The predicted molar refractivity (Wildman–Crippen MR) is 66.3 cm³/mol. The highest BCUT2D eigenvalue weighted by molar-refractivity contribution is 7.99. The summed E-state index contributed by atoms with van der Waals surface area (Å²) in [4.78, 5) is 24.0. The van der Waals surface area contributed by atoms with Crippen LogP contribution in [0.1, 0.15) is 19.3 Å². The van der Waals surface area contributed by atoms with E-state index in [1.807, 2.05) is 0 Å². The molecular weight excluding hydrogens is 297 g/mol. The Kier molecular flexibility index (Phi) is 4.36. The maximum absolute atomic E-state index is 12.8. The van der Waals surface area contributed by atoms with Crippen molar-refractivity contribution >= 4 is 23.8 Å². The number of nitrogens with zero attached hydrogens (tertiary/aromatic N) is 1. The molecule has 2 fully saturated rings. The number of hydrogen-bond donors (Lipinski definition) is 2. The average molecular weight is 312 g/mol. The molecule has 2 aliphatic heterocycles. The van der Waals surface area contributed by atoms with Gasteiger partial charge in [-0.05, 0) is 25.0 Å². The van der Waals surface area contributed by atoms with Gasteiger partial charge in [0.25, 0.3) is 0 Å². The monoisotopic (exact) mass is 312 g/mol. The normalized spacial score (nSPS) is 31.4. The first kappa shape index (κ1) is 15.3. The maximum Gasteiger partial charge on any atom is 0.405 e. The Morgan fingerprint density at radius 1 is 1.35 bits per heavy atom. The average Bonchev–Trinajstić information content (AvgIpc) is 2.48. The summed E-state index contributed by atoms with van der Waals surface area (Å²) in [6, 6.07) is -0.947. The standard InChI is InChI=1S/C11H15F3N2O3S/c12-11(13,14)6-1-2-8-16(5-6)9(17)7(3-4-20-8)15-10(18)19/h6-8,15H,1-5H2,(H,18,19)/t6?,7-,8-/m0/s1. The fourth-order valence-corrected chi connectivity index (χ4v) is 3.86. The van der Waals surface area contributed by atoms with Crippen LogP contribution in [0.4, 0.5) is 18.0 Å². The lowest BCUT2D eigenvalue weighted by Gasteiger charge is -2.39. The van der Waals surface area contributed by atoms with Gasteiger partial charge >= 0.3 is 12.3 Å². The first-order valence-electron chi connectivity index (χ1n) is 6.27. The summed E-state index contributed by atoms with van der Waals surface area (Å²) in [7, 11) is 0. The number of rotatable bonds is 1. The minimum Gasteiger partial charge on any atom is -0.465 e. The highest BCUT2D eigenvalue weighted by Crippen LogP contribution is 2.39. The first-order valence-corrected chi connectivity index (χ1v) is 7.32. The summed E-state index contributed by atoms with van der Waals surface area (Å²) in [6.07, 6.45) is -5.05. The third kappa shape index (κ3) is 3.31. The van der Waals surface area contributed by atoms with Crippen molar-refractivity contribution in [2.75, 3.05) is 12.3 Å². The minimum absolute atomic E-state index is 0.0158. The Labute approximate surface area is 117 Å². The van der Waals surface area contributed by atoms with Gasteiger partial charge in [-0.1, -0.05) is 0 Å². The van der Waals surface area contributed by atoms with E-state index in [9.17, 15) is 22.8 Å². The smallest absolute Gasteiger partial charge is 0.405 e. The number of alkyl halides is 3. The second kappa shape index (κ2) is 5.71. The van der Waals surface area contributed by atoms with Crippen LogP contribution in [0.5, 0.6) is 0 Å². The van der Waals surface area contributed by atoms with Crippen molar-refractivity contribution in [2.45, 2.75) is 36.9 Å². The second-order valence-corrected chi connectivity index (χ2v) is 6.21. The van der Waals surface area contributed by atoms with E-state index in [4.69, 9.17) is 5.11 Å². The molecule has 9 heteroatoms. The van der Waals surface area contributed by atoms with Crippen LogP contribution < -0.4 is 5.32 Å². The van der Waals surface area contributed by atoms with Gasteiger partial charge in [0.15, 0.2) is 0 Å². The first-order chi connectivity index (χ1) is 9.29. The van der Waals surface area contributed by atoms with Crippen molar-refractivity contribution in [2.24, 2.45) is 5.92 Å². The van der Waals surface area contributed by atoms with E-state index in [0.29, 0.717) is 18.6 Å². The van der Waals surface area contributed by atoms with Gasteiger partial charge in [-0.2, -0.15) is 13.2 Å². The molecular formula is C11H15F3N2O3S. The zero-order valence-electron chi connectivity index (χ0n) is 10.5. The Hall–Kier alpha value is -1.12. The Morgan fingerprint density at radius 3 is 2.65 bits per heavy atom. The third-order valence-corrected chi connectivity index (χ3v) is 4.93. The molecule has 2 saturated heterocycles. The van der Waals surface area contributed by atoms with Crippen LogP contribution in [-0.4, -0.2) is 51.9 Å². The molecule has 2 aliphatic rings. The van der Waals surface area contributed by atoms with Crippen LogP contribution in [0, 0.1) is 5.92 Å². The molecule has 0 aromatic heterocycles. The summed E-state index contributed by atoms with van der Waals surface area (Å²) in [5, 5.41) is 10.5. The number of piperidine rings is 1. The van der Waals surface area contributed by atoms with Gasteiger partial charge in [-0.25, -0.2) is 4.79 Å². The highest BCUT2D eigenvalue weighted by Gasteiger charge is 2.47. The molecule has 3 atom stereocenters. The molecule has 20 heavy (non-hydrogen) atoms. The molecule has 0 spiro atoms. The molecule has 0 radical (unpaired) electrons. The number of carboxylic acid groups (broad SMARTS) is 1. The summed E-state index contributed by atoms with van der Waals surface area (Å²) in [5.41, 5.74) is 0. The second-order valence-electron chi connectivity index (χ2n) is 4.92. The van der Waals surface area contributed by atoms with E-state index in [2.05, 4.69) is 5.32 Å². The van der Waals surface area contributed by atoms with Crippen LogP contribution in [-0.2, 0) is 4.79 Å². The number of nitrogens with one attached hydrogen (secondary N) is 1. The van der Waals surface area contributed by atoms with Crippen molar-refractivity contribution in [1.29, 1.82) is 0 Å². The van der Waals surface area contributed by atoms with Gasteiger partial charge in [0, 0.05) is 6.54 Å². The summed E-state index contributed by atoms with van der Waals surface area (Å²) in [6.45, 7) is -0.377. The van der Waals surface area contributed by atoms with Gasteiger partial charge in [0.1, 0.15) is 6.04 Å². The van der Waals surface area contributed by atoms with Crippen LogP contribution in [0.15, 0.2) is 0 Å². The van der Waals surface area contributed by atoms with Crippen molar-refractivity contribution in [3.63, 3.8) is 0 Å². The van der Waals surface area contributed by atoms with Crippen LogP contribution in [0.25, 0.3) is 0 Å². The quantitative estimate of drug-likeness (QED) is 0.776. The number of fused-ring (bicyclic) bond motifs is 1. The zero-order chi connectivity index (χ0) is 14.9. The summed E-state index contributed by atoms with van der Waals surface area (Å²) >= 11 is 1.42. The number of halogens is 3. The van der Waals surface area contributed by atoms with Crippen molar-refractivity contribution in [3.8, 4) is 0 Å². The van der Waals surface area contributed by atoms with Gasteiger partial charge < -0.3 is 15.3 Å². The molecule has 2 amide bonds. The lowest BCUT2D eigenvalue weighted by molar-refractivity contribution is -0.189. The predicted octanol–water partition coefficient (Wildman–Crippen LogP) is 1.89. The minimum atomic E-state index is -4.32. The van der Waals surface area contributed by atoms with Gasteiger partial charge in [0.05, 0.1) is 11.3 Å². The maximum atomic E-state index is 12.8. The van der Waals surface area contributed by atoms with E-state index in [1.54, 1.807) is 0 Å². The molecule has 2 heterocycles. The van der Waals surface area contributed by atoms with Crippen LogP contribution in [0.2, 0.25) is 0 Å². The number of amides is 2. The van der Waals surface area contributed by atoms with E-state index < -0.39 is 30.1 Å². The lowest BCUT2D eigenvalue weighted by atomic mass is 9.96. The van der Waals surface area contributed by atoms with E-state index >= 15 is 0 Å². The summed E-state index contributed by atoms with van der Waals surface area (Å²) < 4.78 is 38.3. The summed E-state index contributed by atoms with van der Waals surface area (Å²) in [5.74, 6) is -1.52. The highest BCUT2D eigenvalue weighted by atomic mass is 32.2. The molecule has 1 unspecified atom stereocenters. The molecule has 0 aliphatic carbocycles. The van der Waals surface area contributed by atoms with Gasteiger partial charge in [0.2, 0.25) is 5.91 Å². The topological polar surface area (TPSA) is 69.6 Å². The fraction of sp³-hybridized carbons (Fsp3) is 0.818. The molecule has 5 nitrogen and oxygen atoms in total. The lowest BCUT2D eigenvalue weighted by Crippen LogP contribution is -2.54. The van der Waals surface area contributed by atoms with Crippen LogP contribution in [0.3, 0.4) is 0 Å². The molecule has 2 N–H and O–H groups in total. The molecule has 0 aromatic carbocycles. The Bertz CT molecular complexity index is 405. The molecule has 114 valence electrons. The molecule has 0 aromatic rings. The number of hydrogen-bond acceptors (Lipinski definition) is 3. The van der Waals surface area contributed by atoms with E-state index in [1.165, 1.54) is 16.7 Å². The van der Waals surface area contributed by atoms with Gasteiger partial charge in [-0.15, -0.1) is 11.8 Å². The number of carbonyl (C=O) groups excluding carboxylic acids is 1. The van der Waals surface area contributed by atoms with E-state index in [0.717, 1.165) is 0 Å². The largest absolute Gasteiger partial charge is 0.465 e. The van der Waals surface area contributed by atoms with Gasteiger partial charge in [-0.3, -0.25) is 4.79 Å². The van der Waals surface area contributed by atoms with Crippen molar-refractivity contribution < 1.29 is 27.9 Å². The fourth-order valence-electron chi connectivity index (χ4n) is 2.55. The van der Waals surface area contributed by atoms with Crippen LogP contribution >= 0.6 is 11.8 Å². The third-order valence-electron chi connectivity index (χ3n) is 3.59. The SMILES string of the molecule is O=C(O)N[C@H]1CCS[C@H]2CCC(C(F)(F)F)CN2C1=O. The Balaban J connectivity index is 2.12. The number of thioether (sulfide) groups is 1. The van der Waals surface area contributed by atoms with E-state index in [-0.39, 0.29) is 18.3 Å². The number of carbonyl (C=O) groups is 2. The van der Waals surface area contributed by atoms with Crippen molar-refractivity contribution in [3.05, 3.63) is 0 Å². The Morgan fingerprint density at radius 2 is 2.05 bits per heavy atom. The molecule has 2 rings (SSSR count). The van der Waals surface area contributed by atoms with Crippen molar-refractivity contribution in [1.82, 2.24) is 10.2 Å². The molecule has 0 bridgehead atoms.